The number of hydrogen-bond acceptors (Lipinski definition) is 3. The van der Waals surface area contributed by atoms with E-state index in [1.807, 2.05) is 30.0 Å². The highest BCUT2D eigenvalue weighted by Gasteiger charge is 2.26. The number of pyridine rings is 1. The number of halogens is 1. The first kappa shape index (κ1) is 19.4. The number of hydrogen-bond donors (Lipinski definition) is 0. The number of benzene rings is 2. The Balaban J connectivity index is 1.76. The largest absolute Gasteiger partial charge is 0.269 e. The van der Waals surface area contributed by atoms with Gasteiger partial charge in [-0.1, -0.05) is 36.4 Å². The fourth-order valence-corrected chi connectivity index (χ4v) is 5.18. The van der Waals surface area contributed by atoms with E-state index >= 15 is 0 Å². The zero-order chi connectivity index (χ0) is 21.6. The summed E-state index contributed by atoms with van der Waals surface area (Å²) >= 11 is 0. The molecule has 4 aromatic rings. The van der Waals surface area contributed by atoms with Crippen molar-refractivity contribution in [3.63, 3.8) is 0 Å². The van der Waals surface area contributed by atoms with E-state index in [0.717, 1.165) is 11.1 Å². The van der Waals surface area contributed by atoms with Crippen LogP contribution >= 0.6 is 0 Å². The maximum Gasteiger partial charge on any atom is 0.269 e. The van der Waals surface area contributed by atoms with E-state index in [1.54, 1.807) is 54.7 Å². The van der Waals surface area contributed by atoms with E-state index in [2.05, 4.69) is 4.98 Å². The highest BCUT2D eigenvalue weighted by Crippen LogP contribution is 2.33. The minimum absolute atomic E-state index is 0.183. The van der Waals surface area contributed by atoms with Gasteiger partial charge in [-0.15, -0.1) is 0 Å². The molecule has 0 atom stereocenters. The minimum Gasteiger partial charge on any atom is -0.237 e. The van der Waals surface area contributed by atoms with Crippen molar-refractivity contribution in [3.8, 4) is 11.1 Å². The average Bonchev–Trinajstić information content (AvgIpc) is 3.38. The zero-order valence-electron chi connectivity index (χ0n) is 16.7. The van der Waals surface area contributed by atoms with Gasteiger partial charge in [-0.25, -0.2) is 26.3 Å². The van der Waals surface area contributed by atoms with Gasteiger partial charge in [0.1, 0.15) is 12.9 Å². The Kier molecular flexibility index (Phi) is 4.55. The van der Waals surface area contributed by atoms with Crippen LogP contribution in [0.2, 0.25) is 0 Å². The predicted molar refractivity (Wildman–Crippen MR) is 119 cm³/mol. The number of nitrogens with zero attached hydrogens (tertiary/aromatic N) is 3. The third-order valence-electron chi connectivity index (χ3n) is 5.39. The smallest absolute Gasteiger partial charge is 0.237 e. The molecule has 0 saturated carbocycles. The molecule has 0 radical (unpaired) electrons. The molecule has 0 aliphatic carbocycles. The maximum absolute atomic E-state index is 14.4. The van der Waals surface area contributed by atoms with Gasteiger partial charge in [0.15, 0.2) is 18.4 Å². The molecule has 0 fully saturated rings. The second kappa shape index (κ2) is 7.28. The van der Waals surface area contributed by atoms with Crippen LogP contribution in [0.15, 0.2) is 84.0 Å². The van der Waals surface area contributed by atoms with E-state index < -0.39 is 10.0 Å². The monoisotopic (exact) mass is 432 g/mol. The zero-order valence-corrected chi connectivity index (χ0v) is 17.6. The van der Waals surface area contributed by atoms with E-state index in [0.29, 0.717) is 28.7 Å². The van der Waals surface area contributed by atoms with Crippen molar-refractivity contribution in [3.05, 3.63) is 90.5 Å². The van der Waals surface area contributed by atoms with Crippen LogP contribution in [0.1, 0.15) is 5.56 Å². The highest BCUT2D eigenvalue weighted by atomic mass is 32.2. The van der Waals surface area contributed by atoms with E-state index in [-0.39, 0.29) is 10.7 Å². The van der Waals surface area contributed by atoms with Crippen molar-refractivity contribution in [1.29, 1.82) is 0 Å². The Morgan fingerprint density at radius 2 is 1.77 bits per heavy atom. The van der Waals surface area contributed by atoms with E-state index in [9.17, 15) is 12.8 Å². The van der Waals surface area contributed by atoms with Crippen molar-refractivity contribution in [1.82, 2.24) is 8.96 Å². The van der Waals surface area contributed by atoms with Gasteiger partial charge in [0.2, 0.25) is 0 Å². The number of fused-ring (bicyclic) bond motifs is 1. The summed E-state index contributed by atoms with van der Waals surface area (Å²) < 4.78 is 44.4. The Labute approximate surface area is 179 Å². The maximum atomic E-state index is 14.4. The number of likely N-dealkylation sites (N-methyl/N-ethyl adjacent to an activating group) is 1. The van der Waals surface area contributed by atoms with Crippen LogP contribution in [0.3, 0.4) is 0 Å². The molecule has 31 heavy (non-hydrogen) atoms. The molecular formula is C24H19FN3O2S+. The summed E-state index contributed by atoms with van der Waals surface area (Å²) in [5.74, 6) is -0.352. The van der Waals surface area contributed by atoms with Crippen LogP contribution in [0.4, 0.5) is 4.39 Å². The van der Waals surface area contributed by atoms with Crippen molar-refractivity contribution in [2.45, 2.75) is 4.90 Å². The number of rotatable bonds is 4. The van der Waals surface area contributed by atoms with Gasteiger partial charge in [-0.3, -0.25) is 0 Å². The summed E-state index contributed by atoms with van der Waals surface area (Å²) in [5, 5.41) is 0.662. The fourth-order valence-electron chi connectivity index (χ4n) is 3.83. The molecular weight excluding hydrogens is 413 g/mol. The Bertz CT molecular complexity index is 1490. The summed E-state index contributed by atoms with van der Waals surface area (Å²) in [6.45, 7) is 0.647. The molecule has 154 valence electrons. The van der Waals surface area contributed by atoms with Crippen molar-refractivity contribution >= 4 is 32.8 Å². The van der Waals surface area contributed by atoms with Crippen molar-refractivity contribution in [2.75, 3.05) is 13.6 Å². The highest BCUT2D eigenvalue weighted by molar-refractivity contribution is 7.90. The first-order valence-electron chi connectivity index (χ1n) is 9.76. The van der Waals surface area contributed by atoms with Crippen LogP contribution in [0, 0.1) is 5.82 Å². The van der Waals surface area contributed by atoms with Gasteiger partial charge in [0.05, 0.1) is 4.90 Å². The van der Waals surface area contributed by atoms with Gasteiger partial charge in [-0.2, -0.15) is 0 Å². The summed E-state index contributed by atoms with van der Waals surface area (Å²) in [4.78, 5) is 4.65. The molecule has 0 bridgehead atoms. The predicted octanol–water partition coefficient (Wildman–Crippen LogP) is 4.19. The van der Waals surface area contributed by atoms with Crippen molar-refractivity contribution in [2.24, 2.45) is 0 Å². The third-order valence-corrected chi connectivity index (χ3v) is 7.06. The Morgan fingerprint density at radius 3 is 2.48 bits per heavy atom. The van der Waals surface area contributed by atoms with Crippen LogP contribution in [-0.2, 0) is 10.0 Å². The second-order valence-corrected chi connectivity index (χ2v) is 9.30. The first-order chi connectivity index (χ1) is 14.9. The van der Waals surface area contributed by atoms with Crippen molar-refractivity contribution < 1.29 is 17.4 Å². The lowest BCUT2D eigenvalue weighted by Gasteiger charge is -2.07. The van der Waals surface area contributed by atoms with Gasteiger partial charge >= 0.3 is 0 Å². The summed E-state index contributed by atoms with van der Waals surface area (Å²) in [6, 6.07) is 16.6. The molecule has 5 nitrogen and oxygen atoms in total. The van der Waals surface area contributed by atoms with Crippen LogP contribution in [0.5, 0.6) is 0 Å². The molecule has 1 aliphatic rings. The van der Waals surface area contributed by atoms with Crippen LogP contribution in [0.25, 0.3) is 27.7 Å². The average molecular weight is 433 g/mol. The summed E-state index contributed by atoms with van der Waals surface area (Å²) in [7, 11) is -1.89. The van der Waals surface area contributed by atoms with Gasteiger partial charge in [0.25, 0.3) is 10.0 Å². The third kappa shape index (κ3) is 3.27. The number of aromatic nitrogens is 2. The fraction of sp³-hybridized carbons (Fsp3) is 0.0833. The minimum atomic E-state index is -3.84. The summed E-state index contributed by atoms with van der Waals surface area (Å²) in [6.07, 6.45) is 7.04. The number of allylic oxidation sites excluding steroid dienone is 1. The molecule has 0 spiro atoms. The molecule has 2 aromatic carbocycles. The topological polar surface area (TPSA) is 55.0 Å². The molecule has 2 aromatic heterocycles. The lowest BCUT2D eigenvalue weighted by molar-refractivity contribution is -0.475. The lowest BCUT2D eigenvalue weighted by atomic mass is 10.0. The standard InChI is InChI=1S/C24H19FN3O2S/c1-27-12-11-17(15-27)22-16-28(31(29,30)19-7-3-2-4-8-19)24-21(22)13-18(14-26-24)20-9-5-6-10-23(20)25/h2-14,16H,15H2,1H3/q+1. The van der Waals surface area contributed by atoms with E-state index in [4.69, 9.17) is 0 Å². The van der Waals surface area contributed by atoms with E-state index in [1.165, 1.54) is 16.2 Å². The molecule has 3 heterocycles. The quantitative estimate of drug-likeness (QED) is 0.455. The molecule has 0 N–H and O–H groups in total. The van der Waals surface area contributed by atoms with Gasteiger partial charge in [0, 0.05) is 46.1 Å². The summed E-state index contributed by atoms with van der Waals surface area (Å²) in [5.41, 5.74) is 3.07. The van der Waals surface area contributed by atoms with Crippen LogP contribution in [-0.4, -0.2) is 41.8 Å². The molecule has 0 saturated heterocycles. The van der Waals surface area contributed by atoms with Gasteiger partial charge in [-0.05, 0) is 24.3 Å². The van der Waals surface area contributed by atoms with Gasteiger partial charge < -0.3 is 0 Å². The second-order valence-electron chi connectivity index (χ2n) is 7.49. The molecule has 5 rings (SSSR count). The SMILES string of the molecule is C[N+]1=CC=C(c2cn(S(=O)(=O)c3ccccc3)c3ncc(-c4ccccc4F)cc23)C1. The molecule has 0 unspecified atom stereocenters. The molecule has 1 aliphatic heterocycles. The Hall–Kier alpha value is -3.58. The first-order valence-corrected chi connectivity index (χ1v) is 11.2. The Morgan fingerprint density at radius 1 is 1.03 bits per heavy atom. The molecule has 0 amide bonds. The van der Waals surface area contributed by atoms with Crippen LogP contribution < -0.4 is 0 Å². The molecule has 7 heteroatoms. The normalized spacial score (nSPS) is 14.0. The lowest BCUT2D eigenvalue weighted by Crippen LogP contribution is -2.12.